The van der Waals surface area contributed by atoms with Gasteiger partial charge in [-0.15, -0.1) is 11.3 Å². The van der Waals surface area contributed by atoms with E-state index in [1.165, 1.54) is 17.8 Å². The highest BCUT2D eigenvalue weighted by Gasteiger charge is 2.30. The van der Waals surface area contributed by atoms with Crippen LogP contribution in [-0.4, -0.2) is 28.9 Å². The van der Waals surface area contributed by atoms with Gasteiger partial charge >= 0.3 is 0 Å². The van der Waals surface area contributed by atoms with Crippen LogP contribution in [0.3, 0.4) is 0 Å². The molecule has 1 aromatic heterocycles. The summed E-state index contributed by atoms with van der Waals surface area (Å²) in [4.78, 5) is 19.6. The van der Waals surface area contributed by atoms with Crippen LogP contribution >= 0.6 is 11.3 Å². The summed E-state index contributed by atoms with van der Waals surface area (Å²) in [5.74, 6) is 0.864. The molecular weight excluding hydrogens is 220 g/mol. The highest BCUT2D eigenvalue weighted by atomic mass is 32.1. The van der Waals surface area contributed by atoms with Crippen LogP contribution in [0.5, 0.6) is 0 Å². The molecule has 1 aliphatic carbocycles. The SMILES string of the molecule is Cc1nc(C2CC2)sc1C(=O)N1CCCC1. The number of hydrogen-bond acceptors (Lipinski definition) is 3. The molecule has 2 heterocycles. The van der Waals surface area contributed by atoms with Gasteiger partial charge in [0.2, 0.25) is 0 Å². The van der Waals surface area contributed by atoms with Crippen molar-refractivity contribution < 1.29 is 4.79 Å². The fraction of sp³-hybridized carbons (Fsp3) is 0.667. The van der Waals surface area contributed by atoms with Crippen LogP contribution in [0, 0.1) is 6.92 Å². The van der Waals surface area contributed by atoms with Gasteiger partial charge in [-0.1, -0.05) is 0 Å². The van der Waals surface area contributed by atoms with Crippen molar-refractivity contribution in [3.05, 3.63) is 15.6 Å². The van der Waals surface area contributed by atoms with Gasteiger partial charge in [0.15, 0.2) is 0 Å². The van der Waals surface area contributed by atoms with E-state index in [1.54, 1.807) is 11.3 Å². The molecule has 1 aliphatic heterocycles. The van der Waals surface area contributed by atoms with Gasteiger partial charge in [0.1, 0.15) is 4.88 Å². The molecule has 86 valence electrons. The number of likely N-dealkylation sites (tertiary alicyclic amines) is 1. The number of carbonyl (C=O) groups excluding carboxylic acids is 1. The molecule has 0 unspecified atom stereocenters. The molecule has 2 fully saturated rings. The maximum absolute atomic E-state index is 12.2. The van der Waals surface area contributed by atoms with Crippen LogP contribution < -0.4 is 0 Å². The second-order valence-corrected chi connectivity index (χ2v) is 5.77. The van der Waals surface area contributed by atoms with Crippen molar-refractivity contribution in [2.24, 2.45) is 0 Å². The first-order valence-electron chi connectivity index (χ1n) is 6.02. The van der Waals surface area contributed by atoms with Crippen molar-refractivity contribution in [1.29, 1.82) is 0 Å². The predicted octanol–water partition coefficient (Wildman–Crippen LogP) is 2.56. The number of thiazole rings is 1. The molecule has 3 rings (SSSR count). The van der Waals surface area contributed by atoms with E-state index in [0.717, 1.165) is 36.5 Å². The van der Waals surface area contributed by atoms with Crippen LogP contribution in [0.4, 0.5) is 0 Å². The summed E-state index contributed by atoms with van der Waals surface area (Å²) in [6.07, 6.45) is 4.81. The molecule has 0 spiro atoms. The number of aromatic nitrogens is 1. The van der Waals surface area contributed by atoms with Crippen LogP contribution in [0.1, 0.15) is 52.0 Å². The van der Waals surface area contributed by atoms with Gasteiger partial charge in [0, 0.05) is 19.0 Å². The van der Waals surface area contributed by atoms with Crippen LogP contribution in [0.15, 0.2) is 0 Å². The molecule has 1 saturated carbocycles. The van der Waals surface area contributed by atoms with Gasteiger partial charge in [-0.3, -0.25) is 4.79 Å². The Morgan fingerprint density at radius 1 is 1.38 bits per heavy atom. The Balaban J connectivity index is 1.84. The first kappa shape index (κ1) is 10.3. The number of amides is 1. The van der Waals surface area contributed by atoms with E-state index >= 15 is 0 Å². The Labute approximate surface area is 99.5 Å². The zero-order valence-electron chi connectivity index (χ0n) is 9.53. The van der Waals surface area contributed by atoms with E-state index in [9.17, 15) is 4.79 Å². The van der Waals surface area contributed by atoms with E-state index in [4.69, 9.17) is 0 Å². The molecule has 0 atom stereocenters. The van der Waals surface area contributed by atoms with Crippen molar-refractivity contribution in [3.63, 3.8) is 0 Å². The largest absolute Gasteiger partial charge is 0.338 e. The van der Waals surface area contributed by atoms with Crippen molar-refractivity contribution in [2.45, 2.75) is 38.5 Å². The average molecular weight is 236 g/mol. The number of hydrogen-bond donors (Lipinski definition) is 0. The maximum atomic E-state index is 12.2. The van der Waals surface area contributed by atoms with Gasteiger partial charge in [0.05, 0.1) is 10.7 Å². The summed E-state index contributed by atoms with van der Waals surface area (Å²) in [7, 11) is 0. The molecule has 0 aromatic carbocycles. The number of nitrogens with zero attached hydrogens (tertiary/aromatic N) is 2. The molecule has 3 nitrogen and oxygen atoms in total. The lowest BCUT2D eigenvalue weighted by atomic mass is 10.3. The van der Waals surface area contributed by atoms with Gasteiger partial charge in [-0.2, -0.15) is 0 Å². The Hall–Kier alpha value is -0.900. The minimum absolute atomic E-state index is 0.208. The summed E-state index contributed by atoms with van der Waals surface area (Å²) < 4.78 is 0. The Bertz CT molecular complexity index is 417. The molecule has 16 heavy (non-hydrogen) atoms. The van der Waals surface area contributed by atoms with E-state index in [2.05, 4.69) is 4.98 Å². The van der Waals surface area contributed by atoms with E-state index in [1.807, 2.05) is 11.8 Å². The third-order valence-electron chi connectivity index (χ3n) is 3.33. The molecule has 0 N–H and O–H groups in total. The Morgan fingerprint density at radius 2 is 2.06 bits per heavy atom. The average Bonchev–Trinajstić information content (AvgIpc) is 2.84. The number of rotatable bonds is 2. The summed E-state index contributed by atoms with van der Waals surface area (Å²) >= 11 is 1.62. The molecule has 4 heteroatoms. The minimum atomic E-state index is 0.208. The summed E-state index contributed by atoms with van der Waals surface area (Å²) in [6.45, 7) is 3.82. The predicted molar refractivity (Wildman–Crippen MR) is 64.0 cm³/mol. The van der Waals surface area contributed by atoms with Crippen molar-refractivity contribution in [3.8, 4) is 0 Å². The van der Waals surface area contributed by atoms with Gasteiger partial charge < -0.3 is 4.90 Å². The second kappa shape index (κ2) is 3.84. The fourth-order valence-corrected chi connectivity index (χ4v) is 3.39. The minimum Gasteiger partial charge on any atom is -0.338 e. The Morgan fingerprint density at radius 3 is 2.69 bits per heavy atom. The summed E-state index contributed by atoms with van der Waals surface area (Å²) in [6, 6.07) is 0. The molecule has 1 amide bonds. The van der Waals surface area contributed by atoms with E-state index < -0.39 is 0 Å². The van der Waals surface area contributed by atoms with Gasteiger partial charge in [-0.05, 0) is 32.6 Å². The first-order valence-corrected chi connectivity index (χ1v) is 6.84. The molecule has 0 bridgehead atoms. The third-order valence-corrected chi connectivity index (χ3v) is 4.64. The Kier molecular flexibility index (Phi) is 2.46. The lowest BCUT2D eigenvalue weighted by molar-refractivity contribution is 0.0796. The van der Waals surface area contributed by atoms with Gasteiger partial charge in [-0.25, -0.2) is 4.98 Å². The van der Waals surface area contributed by atoms with E-state index in [-0.39, 0.29) is 5.91 Å². The highest BCUT2D eigenvalue weighted by Crippen LogP contribution is 2.42. The van der Waals surface area contributed by atoms with Crippen molar-refractivity contribution in [1.82, 2.24) is 9.88 Å². The normalized spacial score (nSPS) is 20.4. The molecule has 0 radical (unpaired) electrons. The van der Waals surface area contributed by atoms with Crippen LogP contribution in [0.2, 0.25) is 0 Å². The molecular formula is C12H16N2OS. The lowest BCUT2D eigenvalue weighted by Crippen LogP contribution is -2.27. The van der Waals surface area contributed by atoms with Gasteiger partial charge in [0.25, 0.3) is 5.91 Å². The third kappa shape index (κ3) is 1.75. The van der Waals surface area contributed by atoms with Crippen LogP contribution in [0.25, 0.3) is 0 Å². The smallest absolute Gasteiger partial charge is 0.265 e. The first-order chi connectivity index (χ1) is 7.75. The standard InChI is InChI=1S/C12H16N2OS/c1-8-10(12(15)14-6-2-3-7-14)16-11(13-8)9-4-5-9/h9H,2-7H2,1H3. The summed E-state index contributed by atoms with van der Waals surface area (Å²) in [5, 5.41) is 1.18. The number of aryl methyl sites for hydroxylation is 1. The molecule has 1 aromatic rings. The van der Waals surface area contributed by atoms with E-state index in [0.29, 0.717) is 5.92 Å². The lowest BCUT2D eigenvalue weighted by Gasteiger charge is -2.13. The fourth-order valence-electron chi connectivity index (χ4n) is 2.18. The molecule has 2 aliphatic rings. The summed E-state index contributed by atoms with van der Waals surface area (Å²) in [5.41, 5.74) is 0.934. The topological polar surface area (TPSA) is 33.2 Å². The zero-order chi connectivity index (χ0) is 11.1. The molecule has 1 saturated heterocycles. The quantitative estimate of drug-likeness (QED) is 0.790. The van der Waals surface area contributed by atoms with Crippen molar-refractivity contribution in [2.75, 3.05) is 13.1 Å². The highest BCUT2D eigenvalue weighted by molar-refractivity contribution is 7.13. The maximum Gasteiger partial charge on any atom is 0.265 e. The monoisotopic (exact) mass is 236 g/mol. The van der Waals surface area contributed by atoms with Crippen molar-refractivity contribution >= 4 is 17.2 Å². The van der Waals surface area contributed by atoms with Crippen LogP contribution in [-0.2, 0) is 0 Å². The second-order valence-electron chi connectivity index (χ2n) is 4.74. The zero-order valence-corrected chi connectivity index (χ0v) is 10.3. The number of carbonyl (C=O) groups is 1.